The van der Waals surface area contributed by atoms with Crippen molar-refractivity contribution >= 4 is 17.2 Å². The van der Waals surface area contributed by atoms with Crippen LogP contribution in [0.1, 0.15) is 119 Å². The van der Waals surface area contributed by atoms with Crippen molar-refractivity contribution in [3.63, 3.8) is 0 Å². The molecule has 0 rings (SSSR count). The van der Waals surface area contributed by atoms with E-state index in [4.69, 9.17) is 45.8 Å². The van der Waals surface area contributed by atoms with Crippen LogP contribution in [0.4, 0.5) is 0 Å². The number of unbranched alkanes of at least 4 members (excludes halogenated alkanes) is 6. The van der Waals surface area contributed by atoms with E-state index in [1.165, 1.54) is 0 Å². The molecule has 0 saturated heterocycles. The summed E-state index contributed by atoms with van der Waals surface area (Å²) in [6, 6.07) is 0. The second-order valence-corrected chi connectivity index (χ2v) is 10.4. The summed E-state index contributed by atoms with van der Waals surface area (Å²) in [5, 5.41) is 0. The third-order valence-electron chi connectivity index (χ3n) is 4.31. The molecule has 0 aliphatic heterocycles. The van der Waals surface area contributed by atoms with Gasteiger partial charge in [0, 0.05) is 17.4 Å². The van der Waals surface area contributed by atoms with E-state index < -0.39 is 17.2 Å². The first-order valence-corrected chi connectivity index (χ1v) is 16.5. The molecule has 0 saturated carbocycles. The molecule has 0 spiro atoms. The van der Waals surface area contributed by atoms with Gasteiger partial charge in [0.25, 0.3) is 0 Å². The van der Waals surface area contributed by atoms with Gasteiger partial charge >= 0.3 is 62.4 Å². The Morgan fingerprint density at radius 1 is 0.341 bits per heavy atom. The summed E-state index contributed by atoms with van der Waals surface area (Å²) >= 11 is 0. The molecule has 0 heterocycles. The van der Waals surface area contributed by atoms with Crippen LogP contribution in [0.15, 0.2) is 0 Å². The van der Waals surface area contributed by atoms with E-state index in [2.05, 4.69) is 68.1 Å². The van der Waals surface area contributed by atoms with Gasteiger partial charge in [-0.15, -0.1) is 0 Å². The molecule has 0 aromatic heterocycles. The van der Waals surface area contributed by atoms with Gasteiger partial charge in [-0.1, -0.05) is 80.1 Å². The molecule has 0 aromatic rings. The maximum atomic E-state index is 7.50. The Labute approximate surface area is 264 Å². The van der Waals surface area contributed by atoms with Crippen LogP contribution in [0.2, 0.25) is 0 Å². The summed E-state index contributed by atoms with van der Waals surface area (Å²) in [7, 11) is -2.92. The molecule has 0 aliphatic rings. The maximum Gasteiger partial charge on any atom is 0 e. The van der Waals surface area contributed by atoms with E-state index in [9.17, 15) is 0 Å². The van der Waals surface area contributed by atoms with Gasteiger partial charge in [-0.25, -0.2) is 0 Å². The standard InChI is InChI=1S/2C12H28O3P.4CO.Cr/c2*1-4-7-10-13-16(14-11-8-5-2)15-12-9-6-3;4*1-2;/h2*16H,4-12H2,1-3H3;;;;;/q2*+1;;;;;. The Balaban J connectivity index is -0.0000000886. The van der Waals surface area contributed by atoms with E-state index in [1.807, 2.05) is 0 Å². The van der Waals surface area contributed by atoms with Crippen molar-refractivity contribution < 1.29 is 63.1 Å². The predicted octanol–water partition coefficient (Wildman–Crippen LogP) is 8.64. The van der Waals surface area contributed by atoms with Crippen molar-refractivity contribution in [3.05, 3.63) is 26.6 Å². The molecule has 242 valence electrons. The maximum absolute atomic E-state index is 7.50. The molecule has 0 N–H and O–H groups in total. The predicted molar refractivity (Wildman–Crippen MR) is 158 cm³/mol. The second-order valence-electron chi connectivity index (χ2n) is 7.71. The SMILES string of the molecule is CCCCO[PH+](OCCCC)OCCCC.CCCCO[PH+](OCCCC)OCCCC.[C-]#[O+].[C-]#[O+].[C-]#[O+].[C-]#[O+].[Cr]. The van der Waals surface area contributed by atoms with Gasteiger partial charge in [0.2, 0.25) is 0 Å². The first-order chi connectivity index (χ1) is 19.7. The van der Waals surface area contributed by atoms with Crippen molar-refractivity contribution in [2.45, 2.75) is 119 Å². The van der Waals surface area contributed by atoms with Crippen LogP contribution >= 0.6 is 17.2 Å². The van der Waals surface area contributed by atoms with Crippen LogP contribution in [0, 0.1) is 26.6 Å². The first-order valence-electron chi connectivity index (χ1n) is 14.0. The Morgan fingerprint density at radius 2 is 0.463 bits per heavy atom. The van der Waals surface area contributed by atoms with Gasteiger partial charge < -0.3 is 0 Å². The Morgan fingerprint density at radius 3 is 0.561 bits per heavy atom. The van der Waals surface area contributed by atoms with Gasteiger partial charge in [0.1, 0.15) is 0 Å². The largest absolute Gasteiger partial charge is 0 e. The quantitative estimate of drug-likeness (QED) is 0.0438. The zero-order chi connectivity index (χ0) is 32.1. The zero-order valence-corrected chi connectivity index (χ0v) is 29.5. The van der Waals surface area contributed by atoms with Crippen LogP contribution in [-0.2, 0) is 63.1 Å². The van der Waals surface area contributed by atoms with E-state index in [-0.39, 0.29) is 17.4 Å². The monoisotopic (exact) mass is 666 g/mol. The molecule has 0 atom stereocenters. The van der Waals surface area contributed by atoms with Crippen molar-refractivity contribution in [2.75, 3.05) is 39.6 Å². The molecule has 0 amide bonds. The molecule has 41 heavy (non-hydrogen) atoms. The minimum absolute atomic E-state index is 0. The second kappa shape index (κ2) is 67.7. The molecule has 0 unspecified atom stereocenters. The first kappa shape index (κ1) is 56.8. The fraction of sp³-hybridized carbons (Fsp3) is 0.857. The molecule has 0 bridgehead atoms. The van der Waals surface area contributed by atoms with Crippen molar-refractivity contribution in [2.24, 2.45) is 0 Å². The van der Waals surface area contributed by atoms with E-state index >= 15 is 0 Å². The fourth-order valence-electron chi connectivity index (χ4n) is 2.05. The van der Waals surface area contributed by atoms with E-state index in [0.717, 1.165) is 117 Å². The minimum Gasteiger partial charge on any atom is 0 e. The average Bonchev–Trinajstić information content (AvgIpc) is 3.02. The summed E-state index contributed by atoms with van der Waals surface area (Å²) in [6.45, 7) is 35.6. The Hall–Kier alpha value is 0.112. The molecule has 13 heteroatoms. The average molecular weight is 667 g/mol. The molecular weight excluding hydrogens is 610 g/mol. The topological polar surface area (TPSA) is 135 Å². The van der Waals surface area contributed by atoms with E-state index in [0.29, 0.717) is 0 Å². The minimum atomic E-state index is -1.46. The van der Waals surface area contributed by atoms with Gasteiger partial charge in [0.15, 0.2) is 0 Å². The number of hydrogen-bond donors (Lipinski definition) is 0. The van der Waals surface area contributed by atoms with Crippen LogP contribution in [-0.4, -0.2) is 39.6 Å². The molecule has 0 radical (unpaired) electrons. The molecule has 10 nitrogen and oxygen atoms in total. The normalized spacial score (nSPS) is 8.98. The smallest absolute Gasteiger partial charge is 0 e. The third kappa shape index (κ3) is 64.3. The number of hydrogen-bond acceptors (Lipinski definition) is 6. The molecule has 0 aromatic carbocycles. The third-order valence-corrected chi connectivity index (χ3v) is 6.95. The van der Waals surface area contributed by atoms with Gasteiger partial charge in [-0.2, -0.15) is 27.1 Å². The molecule has 0 fully saturated rings. The van der Waals surface area contributed by atoms with Crippen molar-refractivity contribution in [1.82, 2.24) is 0 Å². The van der Waals surface area contributed by atoms with E-state index in [1.54, 1.807) is 0 Å². The number of rotatable bonds is 24. The summed E-state index contributed by atoms with van der Waals surface area (Å²) in [6.07, 6.45) is 13.4. The van der Waals surface area contributed by atoms with Crippen LogP contribution in [0.3, 0.4) is 0 Å². The van der Waals surface area contributed by atoms with Crippen molar-refractivity contribution in [1.29, 1.82) is 0 Å². The van der Waals surface area contributed by atoms with Gasteiger partial charge in [0.05, 0.1) is 39.6 Å². The van der Waals surface area contributed by atoms with Crippen LogP contribution < -0.4 is 0 Å². The van der Waals surface area contributed by atoms with Crippen molar-refractivity contribution in [3.8, 4) is 0 Å². The van der Waals surface area contributed by atoms with Crippen LogP contribution in [0.25, 0.3) is 0 Å². The summed E-state index contributed by atoms with van der Waals surface area (Å²) < 4.78 is 63.8. The molecule has 0 aliphatic carbocycles. The Kier molecular flexibility index (Phi) is 93.8. The summed E-state index contributed by atoms with van der Waals surface area (Å²) in [5.74, 6) is 0. The Bertz CT molecular complexity index is 382. The molecular formula is C28H56CrO10P2+2. The van der Waals surface area contributed by atoms with Crippen LogP contribution in [0.5, 0.6) is 0 Å². The van der Waals surface area contributed by atoms with Gasteiger partial charge in [-0.3, -0.25) is 0 Å². The summed E-state index contributed by atoms with van der Waals surface area (Å²) in [4.78, 5) is 0. The zero-order valence-electron chi connectivity index (χ0n) is 26.2. The van der Waals surface area contributed by atoms with Gasteiger partial charge in [-0.05, 0) is 38.5 Å². The summed E-state index contributed by atoms with van der Waals surface area (Å²) in [5.41, 5.74) is 0. The fourth-order valence-corrected chi connectivity index (χ4v) is 4.42.